The molecule has 0 aromatic heterocycles. The molecule has 0 atom stereocenters. The first-order valence-electron chi connectivity index (χ1n) is 6.37. The van der Waals surface area contributed by atoms with Crippen molar-refractivity contribution in [3.63, 3.8) is 0 Å². The van der Waals surface area contributed by atoms with E-state index in [4.69, 9.17) is 10.5 Å². The van der Waals surface area contributed by atoms with Gasteiger partial charge in [-0.1, -0.05) is 30.4 Å². The van der Waals surface area contributed by atoms with Gasteiger partial charge >= 0.3 is 0 Å². The van der Waals surface area contributed by atoms with E-state index in [1.54, 1.807) is 18.3 Å². The van der Waals surface area contributed by atoms with Crippen LogP contribution in [-0.2, 0) is 0 Å². The molecule has 1 aliphatic rings. The Hall–Kier alpha value is -2.36. The van der Waals surface area contributed by atoms with E-state index < -0.39 is 5.82 Å². The lowest BCUT2D eigenvalue weighted by molar-refractivity contribution is 0.385. The maximum absolute atomic E-state index is 13.8. The zero-order valence-corrected chi connectivity index (χ0v) is 11.6. The van der Waals surface area contributed by atoms with E-state index in [9.17, 15) is 4.39 Å². The van der Waals surface area contributed by atoms with Crippen molar-refractivity contribution in [2.45, 2.75) is 13.3 Å². The number of allylic oxidation sites excluding steroid dienone is 3. The van der Waals surface area contributed by atoms with Crippen molar-refractivity contribution in [1.29, 1.82) is 0 Å². The second kappa shape index (κ2) is 6.19. The number of rotatable bonds is 4. The highest BCUT2D eigenvalue weighted by Crippen LogP contribution is 2.35. The van der Waals surface area contributed by atoms with Crippen LogP contribution in [0.2, 0.25) is 0 Å². The molecular formula is C16H17FN2O. The minimum absolute atomic E-state index is 0.209. The SMILES string of the molecule is C/C=C\C/C=C1\C(c2cccc(F)c2OC)=CN=C1N. The molecule has 0 spiro atoms. The van der Waals surface area contributed by atoms with Gasteiger partial charge in [-0.3, -0.25) is 0 Å². The monoisotopic (exact) mass is 272 g/mol. The summed E-state index contributed by atoms with van der Waals surface area (Å²) in [4.78, 5) is 4.12. The average Bonchev–Trinajstić information content (AvgIpc) is 2.80. The van der Waals surface area contributed by atoms with Gasteiger partial charge in [0, 0.05) is 22.9 Å². The first-order valence-corrected chi connectivity index (χ1v) is 6.37. The molecular weight excluding hydrogens is 255 g/mol. The van der Waals surface area contributed by atoms with E-state index in [1.807, 2.05) is 25.2 Å². The van der Waals surface area contributed by atoms with Crippen LogP contribution in [0.3, 0.4) is 0 Å². The van der Waals surface area contributed by atoms with E-state index in [0.29, 0.717) is 11.4 Å². The standard InChI is InChI=1S/C16H17FN2O/c1-3-4-5-7-12-13(10-19-16(12)18)11-8-6-9-14(17)15(11)20-2/h3-4,6-10H,5H2,1-2H3,(H2,18,19)/b4-3-,12-7+. The van der Waals surface area contributed by atoms with Gasteiger partial charge < -0.3 is 10.5 Å². The summed E-state index contributed by atoms with van der Waals surface area (Å²) >= 11 is 0. The summed E-state index contributed by atoms with van der Waals surface area (Å²) in [7, 11) is 1.45. The fourth-order valence-electron chi connectivity index (χ4n) is 2.09. The molecule has 3 nitrogen and oxygen atoms in total. The number of nitrogens with two attached hydrogens (primary N) is 1. The molecule has 4 heteroatoms. The van der Waals surface area contributed by atoms with Gasteiger partial charge in [0.1, 0.15) is 5.84 Å². The second-order valence-electron chi connectivity index (χ2n) is 4.30. The zero-order chi connectivity index (χ0) is 14.5. The second-order valence-corrected chi connectivity index (χ2v) is 4.30. The number of methoxy groups -OCH3 is 1. The van der Waals surface area contributed by atoms with Crippen LogP contribution in [0.1, 0.15) is 18.9 Å². The van der Waals surface area contributed by atoms with Gasteiger partial charge in [0.15, 0.2) is 11.6 Å². The van der Waals surface area contributed by atoms with Crippen molar-refractivity contribution in [2.24, 2.45) is 10.7 Å². The number of benzene rings is 1. The summed E-state index contributed by atoms with van der Waals surface area (Å²) in [6.07, 6.45) is 8.34. The first-order chi connectivity index (χ1) is 9.69. The molecule has 0 amide bonds. The number of hydrogen-bond donors (Lipinski definition) is 1. The normalized spacial score (nSPS) is 16.6. The molecule has 0 saturated heterocycles. The zero-order valence-electron chi connectivity index (χ0n) is 11.6. The third-order valence-electron chi connectivity index (χ3n) is 3.05. The maximum Gasteiger partial charge on any atom is 0.165 e. The summed E-state index contributed by atoms with van der Waals surface area (Å²) < 4.78 is 18.9. The van der Waals surface area contributed by atoms with E-state index in [-0.39, 0.29) is 5.75 Å². The van der Waals surface area contributed by atoms with Gasteiger partial charge in [0.25, 0.3) is 0 Å². The van der Waals surface area contributed by atoms with Crippen molar-refractivity contribution in [3.8, 4) is 5.75 Å². The largest absolute Gasteiger partial charge is 0.493 e. The molecule has 2 N–H and O–H groups in total. The summed E-state index contributed by atoms with van der Waals surface area (Å²) in [6, 6.07) is 4.81. The third-order valence-corrected chi connectivity index (χ3v) is 3.05. The van der Waals surface area contributed by atoms with E-state index in [0.717, 1.165) is 17.6 Å². The van der Waals surface area contributed by atoms with Gasteiger partial charge in [0.2, 0.25) is 0 Å². The number of hydrogen-bond acceptors (Lipinski definition) is 3. The van der Waals surface area contributed by atoms with Gasteiger partial charge in [-0.15, -0.1) is 0 Å². The van der Waals surface area contributed by atoms with Gasteiger partial charge in [0.05, 0.1) is 7.11 Å². The van der Waals surface area contributed by atoms with Crippen LogP contribution in [-0.4, -0.2) is 12.9 Å². The minimum Gasteiger partial charge on any atom is -0.493 e. The summed E-state index contributed by atoms with van der Waals surface area (Å²) in [5.41, 5.74) is 8.14. The van der Waals surface area contributed by atoms with Crippen LogP contribution in [0.15, 0.2) is 53.2 Å². The van der Waals surface area contributed by atoms with Gasteiger partial charge in [-0.2, -0.15) is 0 Å². The molecule has 1 heterocycles. The molecule has 0 fully saturated rings. The van der Waals surface area contributed by atoms with E-state index in [1.165, 1.54) is 13.2 Å². The molecule has 0 aliphatic carbocycles. The summed E-state index contributed by atoms with van der Waals surface area (Å²) in [5, 5.41) is 0. The smallest absolute Gasteiger partial charge is 0.165 e. The van der Waals surface area contributed by atoms with E-state index >= 15 is 0 Å². The Morgan fingerprint density at radius 3 is 2.90 bits per heavy atom. The molecule has 2 rings (SSSR count). The third kappa shape index (κ3) is 2.64. The number of halogens is 1. The number of ether oxygens (including phenoxy) is 1. The Kier molecular flexibility index (Phi) is 4.35. The highest BCUT2D eigenvalue weighted by Gasteiger charge is 2.21. The van der Waals surface area contributed by atoms with Crippen molar-refractivity contribution >= 4 is 11.4 Å². The Morgan fingerprint density at radius 2 is 2.20 bits per heavy atom. The lowest BCUT2D eigenvalue weighted by atomic mass is 9.97. The Morgan fingerprint density at radius 1 is 1.40 bits per heavy atom. The molecule has 104 valence electrons. The Bertz CT molecular complexity index is 627. The summed E-state index contributed by atoms with van der Waals surface area (Å²) in [5.74, 6) is 0.251. The van der Waals surface area contributed by atoms with Crippen molar-refractivity contribution in [3.05, 3.63) is 59.6 Å². The molecule has 1 aromatic carbocycles. The number of nitrogens with zero attached hydrogens (tertiary/aromatic N) is 1. The molecule has 0 saturated carbocycles. The highest BCUT2D eigenvalue weighted by atomic mass is 19.1. The van der Waals surface area contributed by atoms with Crippen LogP contribution in [0.4, 0.5) is 4.39 Å². The predicted octanol–water partition coefficient (Wildman–Crippen LogP) is 3.44. The Balaban J connectivity index is 2.43. The molecule has 0 radical (unpaired) electrons. The topological polar surface area (TPSA) is 47.6 Å². The van der Waals surface area contributed by atoms with Crippen molar-refractivity contribution < 1.29 is 9.13 Å². The van der Waals surface area contributed by atoms with Crippen molar-refractivity contribution in [2.75, 3.05) is 7.11 Å². The van der Waals surface area contributed by atoms with Crippen LogP contribution in [0.25, 0.3) is 5.57 Å². The van der Waals surface area contributed by atoms with Crippen LogP contribution < -0.4 is 10.5 Å². The maximum atomic E-state index is 13.8. The number of aliphatic imine (C=N–C) groups is 1. The fraction of sp³-hybridized carbons (Fsp3) is 0.188. The number of amidine groups is 1. The molecule has 1 aliphatic heterocycles. The van der Waals surface area contributed by atoms with E-state index in [2.05, 4.69) is 4.99 Å². The quantitative estimate of drug-likeness (QED) is 0.853. The fourth-order valence-corrected chi connectivity index (χ4v) is 2.09. The average molecular weight is 272 g/mol. The summed E-state index contributed by atoms with van der Waals surface area (Å²) in [6.45, 7) is 1.96. The lowest BCUT2D eigenvalue weighted by Gasteiger charge is -2.11. The Labute approximate surface area is 118 Å². The van der Waals surface area contributed by atoms with Crippen LogP contribution >= 0.6 is 0 Å². The highest BCUT2D eigenvalue weighted by molar-refractivity contribution is 6.15. The van der Waals surface area contributed by atoms with Gasteiger partial charge in [-0.25, -0.2) is 9.38 Å². The molecule has 20 heavy (non-hydrogen) atoms. The number of para-hydroxylation sites is 1. The minimum atomic E-state index is -0.399. The molecule has 1 aromatic rings. The lowest BCUT2D eigenvalue weighted by Crippen LogP contribution is -2.12. The predicted molar refractivity (Wildman–Crippen MR) is 80.1 cm³/mol. The molecule has 0 bridgehead atoms. The van der Waals surface area contributed by atoms with Crippen LogP contribution in [0, 0.1) is 5.82 Å². The first kappa shape index (κ1) is 14.1. The van der Waals surface area contributed by atoms with Crippen molar-refractivity contribution in [1.82, 2.24) is 0 Å². The molecule has 0 unspecified atom stereocenters. The van der Waals surface area contributed by atoms with Gasteiger partial charge in [-0.05, 0) is 19.4 Å². The van der Waals surface area contributed by atoms with Crippen LogP contribution in [0.5, 0.6) is 5.75 Å².